The molecule has 0 atom stereocenters. The molecule has 1 N–H and O–H groups in total. The topological polar surface area (TPSA) is 15.3 Å². The molecule has 1 saturated heterocycles. The van der Waals surface area contributed by atoms with Crippen molar-refractivity contribution in [3.8, 4) is 0 Å². The summed E-state index contributed by atoms with van der Waals surface area (Å²) in [4.78, 5) is 2.44. The van der Waals surface area contributed by atoms with Crippen molar-refractivity contribution in [2.45, 2.75) is 33.2 Å². The van der Waals surface area contributed by atoms with Crippen molar-refractivity contribution >= 4 is 5.69 Å². The van der Waals surface area contributed by atoms with Crippen molar-refractivity contribution in [3.63, 3.8) is 0 Å². The monoisotopic (exact) mass is 220 g/mol. The Balaban J connectivity index is 0.000000606. The van der Waals surface area contributed by atoms with Gasteiger partial charge in [-0.3, -0.25) is 0 Å². The van der Waals surface area contributed by atoms with Gasteiger partial charge in [0.25, 0.3) is 0 Å². The number of piperazine rings is 1. The predicted octanol–water partition coefficient (Wildman–Crippen LogP) is 2.90. The van der Waals surface area contributed by atoms with Crippen LogP contribution in [0.3, 0.4) is 0 Å². The minimum atomic E-state index is 0.230. The van der Waals surface area contributed by atoms with E-state index in [2.05, 4.69) is 54.4 Å². The van der Waals surface area contributed by atoms with Gasteiger partial charge in [-0.25, -0.2) is 0 Å². The lowest BCUT2D eigenvalue weighted by molar-refractivity contribution is 0.353. The van der Waals surface area contributed by atoms with Crippen LogP contribution in [-0.2, 0) is 0 Å². The van der Waals surface area contributed by atoms with Crippen LogP contribution in [0.1, 0.15) is 27.7 Å². The molecule has 1 heterocycles. The highest BCUT2D eigenvalue weighted by molar-refractivity contribution is 5.47. The lowest BCUT2D eigenvalue weighted by atomic mass is 10.0. The van der Waals surface area contributed by atoms with E-state index in [0.29, 0.717) is 0 Å². The first-order valence-electron chi connectivity index (χ1n) is 6.22. The van der Waals surface area contributed by atoms with Crippen LogP contribution in [0.2, 0.25) is 0 Å². The summed E-state index contributed by atoms with van der Waals surface area (Å²) >= 11 is 0. The zero-order valence-corrected chi connectivity index (χ0v) is 11.0. The molecule has 1 aliphatic heterocycles. The number of nitrogens with one attached hydrogen (secondary N) is 1. The number of anilines is 1. The van der Waals surface area contributed by atoms with E-state index < -0.39 is 0 Å². The Morgan fingerprint density at radius 1 is 1.12 bits per heavy atom. The summed E-state index contributed by atoms with van der Waals surface area (Å²) in [5.74, 6) is 0. The highest BCUT2D eigenvalue weighted by atomic mass is 15.2. The molecule has 2 rings (SSSR count). The highest BCUT2D eigenvalue weighted by Crippen LogP contribution is 2.18. The van der Waals surface area contributed by atoms with Gasteiger partial charge in [-0.15, -0.1) is 0 Å². The molecule has 0 unspecified atom stereocenters. The molecule has 16 heavy (non-hydrogen) atoms. The van der Waals surface area contributed by atoms with Crippen LogP contribution >= 0.6 is 0 Å². The first-order chi connectivity index (χ1) is 7.67. The quantitative estimate of drug-likeness (QED) is 0.783. The van der Waals surface area contributed by atoms with Gasteiger partial charge in [-0.2, -0.15) is 0 Å². The second-order valence-corrected chi connectivity index (χ2v) is 4.57. The fourth-order valence-electron chi connectivity index (χ4n) is 2.00. The number of hydrogen-bond donors (Lipinski definition) is 1. The van der Waals surface area contributed by atoms with Gasteiger partial charge in [-0.1, -0.05) is 32.0 Å². The first-order valence-corrected chi connectivity index (χ1v) is 6.22. The zero-order chi connectivity index (χ0) is 12.0. The molecule has 2 heteroatoms. The number of rotatable bonds is 1. The largest absolute Gasteiger partial charge is 0.368 e. The Morgan fingerprint density at radius 2 is 1.75 bits per heavy atom. The van der Waals surface area contributed by atoms with Gasteiger partial charge in [0, 0.05) is 30.9 Å². The lowest BCUT2D eigenvalue weighted by Gasteiger charge is -2.40. The normalized spacial score (nSPS) is 18.6. The molecule has 1 fully saturated rings. The molecule has 1 aromatic rings. The van der Waals surface area contributed by atoms with Crippen molar-refractivity contribution < 1.29 is 0 Å². The molecule has 0 amide bonds. The third-order valence-corrected chi connectivity index (χ3v) is 2.69. The molecular weight excluding hydrogens is 196 g/mol. The summed E-state index contributed by atoms with van der Waals surface area (Å²) in [6.07, 6.45) is 0. The van der Waals surface area contributed by atoms with Crippen molar-refractivity contribution in [1.82, 2.24) is 5.32 Å². The second kappa shape index (κ2) is 5.90. The third-order valence-electron chi connectivity index (χ3n) is 2.69. The van der Waals surface area contributed by atoms with Crippen molar-refractivity contribution in [1.29, 1.82) is 0 Å². The molecule has 0 aromatic heterocycles. The van der Waals surface area contributed by atoms with E-state index >= 15 is 0 Å². The zero-order valence-electron chi connectivity index (χ0n) is 11.0. The molecule has 0 bridgehead atoms. The maximum absolute atomic E-state index is 3.52. The fourth-order valence-corrected chi connectivity index (χ4v) is 2.00. The lowest BCUT2D eigenvalue weighted by Crippen LogP contribution is -2.57. The Bertz CT molecular complexity index is 293. The van der Waals surface area contributed by atoms with E-state index in [0.717, 1.165) is 19.6 Å². The third kappa shape index (κ3) is 3.53. The summed E-state index contributed by atoms with van der Waals surface area (Å²) in [5, 5.41) is 3.52. The smallest absolute Gasteiger partial charge is 0.0367 e. The Kier molecular flexibility index (Phi) is 4.81. The van der Waals surface area contributed by atoms with Crippen LogP contribution in [0.15, 0.2) is 30.3 Å². The van der Waals surface area contributed by atoms with Crippen LogP contribution in [0.5, 0.6) is 0 Å². The van der Waals surface area contributed by atoms with Gasteiger partial charge in [0.05, 0.1) is 0 Å². The van der Waals surface area contributed by atoms with Gasteiger partial charge >= 0.3 is 0 Å². The minimum absolute atomic E-state index is 0.230. The van der Waals surface area contributed by atoms with Gasteiger partial charge in [0.2, 0.25) is 0 Å². The summed E-state index contributed by atoms with van der Waals surface area (Å²) in [6, 6.07) is 10.6. The van der Waals surface area contributed by atoms with Crippen LogP contribution in [0, 0.1) is 0 Å². The molecule has 1 aliphatic rings. The van der Waals surface area contributed by atoms with Gasteiger partial charge in [-0.05, 0) is 26.0 Å². The SMILES string of the molecule is CC.CC1(C)CN(c2ccccc2)CCN1. The van der Waals surface area contributed by atoms with Gasteiger partial charge < -0.3 is 10.2 Å². The average molecular weight is 220 g/mol. The van der Waals surface area contributed by atoms with E-state index in [1.807, 2.05) is 13.8 Å². The summed E-state index contributed by atoms with van der Waals surface area (Å²) in [6.45, 7) is 11.8. The minimum Gasteiger partial charge on any atom is -0.368 e. The van der Waals surface area contributed by atoms with Crippen molar-refractivity contribution in [3.05, 3.63) is 30.3 Å². The number of nitrogens with zero attached hydrogens (tertiary/aromatic N) is 1. The molecule has 0 saturated carbocycles. The van der Waals surface area contributed by atoms with E-state index in [4.69, 9.17) is 0 Å². The fraction of sp³-hybridized carbons (Fsp3) is 0.571. The molecule has 2 nitrogen and oxygen atoms in total. The molecule has 90 valence electrons. The maximum atomic E-state index is 3.52. The van der Waals surface area contributed by atoms with Crippen molar-refractivity contribution in [2.75, 3.05) is 24.5 Å². The Labute approximate surface area is 99.7 Å². The maximum Gasteiger partial charge on any atom is 0.0367 e. The van der Waals surface area contributed by atoms with Gasteiger partial charge in [0.15, 0.2) is 0 Å². The van der Waals surface area contributed by atoms with Crippen LogP contribution in [-0.4, -0.2) is 25.2 Å². The Hall–Kier alpha value is -1.02. The molecule has 0 aliphatic carbocycles. The van der Waals surface area contributed by atoms with Crippen LogP contribution in [0.25, 0.3) is 0 Å². The van der Waals surface area contributed by atoms with E-state index in [9.17, 15) is 0 Å². The first kappa shape index (κ1) is 13.0. The summed E-state index contributed by atoms with van der Waals surface area (Å²) in [7, 11) is 0. The average Bonchev–Trinajstić information content (AvgIpc) is 2.32. The van der Waals surface area contributed by atoms with E-state index in [-0.39, 0.29) is 5.54 Å². The molecular formula is C14H24N2. The summed E-state index contributed by atoms with van der Waals surface area (Å²) < 4.78 is 0. The molecule has 1 aromatic carbocycles. The highest BCUT2D eigenvalue weighted by Gasteiger charge is 2.25. The summed E-state index contributed by atoms with van der Waals surface area (Å²) in [5.41, 5.74) is 1.57. The number of para-hydroxylation sites is 1. The Morgan fingerprint density at radius 3 is 2.31 bits per heavy atom. The number of benzene rings is 1. The van der Waals surface area contributed by atoms with E-state index in [1.165, 1.54) is 5.69 Å². The van der Waals surface area contributed by atoms with Gasteiger partial charge in [0.1, 0.15) is 0 Å². The molecule has 0 spiro atoms. The van der Waals surface area contributed by atoms with Crippen LogP contribution in [0.4, 0.5) is 5.69 Å². The van der Waals surface area contributed by atoms with Crippen LogP contribution < -0.4 is 10.2 Å². The number of hydrogen-bond acceptors (Lipinski definition) is 2. The van der Waals surface area contributed by atoms with E-state index in [1.54, 1.807) is 0 Å². The standard InChI is InChI=1S/C12H18N2.C2H6/c1-12(2)10-14(9-8-13-12)11-6-4-3-5-7-11;1-2/h3-7,13H,8-10H2,1-2H3;1-2H3. The van der Waals surface area contributed by atoms with Crippen molar-refractivity contribution in [2.24, 2.45) is 0 Å². The second-order valence-electron chi connectivity index (χ2n) is 4.57. The molecule has 0 radical (unpaired) electrons. The predicted molar refractivity (Wildman–Crippen MR) is 72.1 cm³/mol.